The Labute approximate surface area is 102 Å². The number of nitrogens with zero attached hydrogens (tertiary/aromatic N) is 2. The molecule has 1 N–H and O–H groups in total. The van der Waals surface area contributed by atoms with Crippen molar-refractivity contribution in [1.29, 1.82) is 0 Å². The lowest BCUT2D eigenvalue weighted by Gasteiger charge is -2.05. The lowest BCUT2D eigenvalue weighted by Crippen LogP contribution is -1.99. The van der Waals surface area contributed by atoms with E-state index in [1.54, 1.807) is 6.92 Å². The molecule has 0 unspecified atom stereocenters. The van der Waals surface area contributed by atoms with Crippen LogP contribution in [0.1, 0.15) is 17.3 Å². The summed E-state index contributed by atoms with van der Waals surface area (Å²) in [5, 5.41) is 10.9. The SMILES string of the molecule is Cc1cc(Br)cc(NCc2nnc(C)o2)c1. The molecule has 5 heteroatoms. The van der Waals surface area contributed by atoms with Crippen LogP contribution in [0.15, 0.2) is 27.1 Å². The van der Waals surface area contributed by atoms with Crippen molar-refractivity contribution in [3.05, 3.63) is 40.0 Å². The second-order valence-electron chi connectivity index (χ2n) is 3.59. The lowest BCUT2D eigenvalue weighted by atomic mass is 10.2. The van der Waals surface area contributed by atoms with Gasteiger partial charge < -0.3 is 9.73 Å². The number of aromatic nitrogens is 2. The summed E-state index contributed by atoms with van der Waals surface area (Å²) >= 11 is 3.45. The van der Waals surface area contributed by atoms with E-state index in [0.717, 1.165) is 10.2 Å². The third-order valence-corrected chi connectivity index (χ3v) is 2.51. The lowest BCUT2D eigenvalue weighted by molar-refractivity contribution is 0.475. The fourth-order valence-corrected chi connectivity index (χ4v) is 2.03. The zero-order valence-electron chi connectivity index (χ0n) is 9.12. The molecule has 0 aliphatic rings. The maximum Gasteiger partial charge on any atom is 0.235 e. The van der Waals surface area contributed by atoms with Crippen molar-refractivity contribution in [1.82, 2.24) is 10.2 Å². The van der Waals surface area contributed by atoms with Crippen molar-refractivity contribution in [2.24, 2.45) is 0 Å². The smallest absolute Gasteiger partial charge is 0.235 e. The van der Waals surface area contributed by atoms with Crippen LogP contribution < -0.4 is 5.32 Å². The fourth-order valence-electron chi connectivity index (χ4n) is 1.43. The number of hydrogen-bond acceptors (Lipinski definition) is 4. The summed E-state index contributed by atoms with van der Waals surface area (Å²) in [6.07, 6.45) is 0. The van der Waals surface area contributed by atoms with Crippen LogP contribution >= 0.6 is 15.9 Å². The molecule has 16 heavy (non-hydrogen) atoms. The molecule has 0 aliphatic carbocycles. The van der Waals surface area contributed by atoms with Gasteiger partial charge >= 0.3 is 0 Å². The van der Waals surface area contributed by atoms with Crippen molar-refractivity contribution in [3.8, 4) is 0 Å². The summed E-state index contributed by atoms with van der Waals surface area (Å²) in [5.74, 6) is 1.18. The number of anilines is 1. The molecule has 0 fully saturated rings. The van der Waals surface area contributed by atoms with E-state index < -0.39 is 0 Å². The topological polar surface area (TPSA) is 51.0 Å². The summed E-state index contributed by atoms with van der Waals surface area (Å²) in [5.41, 5.74) is 2.22. The molecule has 0 aliphatic heterocycles. The number of halogens is 1. The average molecular weight is 282 g/mol. The van der Waals surface area contributed by atoms with E-state index in [9.17, 15) is 0 Å². The van der Waals surface area contributed by atoms with E-state index >= 15 is 0 Å². The zero-order chi connectivity index (χ0) is 11.5. The Morgan fingerprint density at radius 1 is 1.25 bits per heavy atom. The van der Waals surface area contributed by atoms with Gasteiger partial charge in [-0.2, -0.15) is 0 Å². The minimum absolute atomic E-state index is 0.538. The molecule has 0 spiro atoms. The number of nitrogens with one attached hydrogen (secondary N) is 1. The highest BCUT2D eigenvalue weighted by Gasteiger charge is 2.02. The van der Waals surface area contributed by atoms with E-state index in [4.69, 9.17) is 4.42 Å². The Morgan fingerprint density at radius 2 is 2.06 bits per heavy atom. The normalized spacial score (nSPS) is 10.4. The Kier molecular flexibility index (Phi) is 3.24. The molecular weight excluding hydrogens is 270 g/mol. The second kappa shape index (κ2) is 4.65. The van der Waals surface area contributed by atoms with Gasteiger partial charge in [-0.25, -0.2) is 0 Å². The van der Waals surface area contributed by atoms with Crippen LogP contribution in [0, 0.1) is 13.8 Å². The number of rotatable bonds is 3. The van der Waals surface area contributed by atoms with E-state index in [2.05, 4.69) is 43.6 Å². The molecule has 0 atom stereocenters. The maximum absolute atomic E-state index is 5.27. The molecule has 4 nitrogen and oxygen atoms in total. The predicted molar refractivity (Wildman–Crippen MR) is 65.2 cm³/mol. The van der Waals surface area contributed by atoms with Crippen LogP contribution in [0.2, 0.25) is 0 Å². The van der Waals surface area contributed by atoms with Crippen molar-refractivity contribution in [2.75, 3.05) is 5.32 Å². The summed E-state index contributed by atoms with van der Waals surface area (Å²) in [6, 6.07) is 6.13. The Morgan fingerprint density at radius 3 is 2.69 bits per heavy atom. The highest BCUT2D eigenvalue weighted by atomic mass is 79.9. The summed E-state index contributed by atoms with van der Waals surface area (Å²) < 4.78 is 6.32. The largest absolute Gasteiger partial charge is 0.424 e. The van der Waals surface area contributed by atoms with Crippen molar-refractivity contribution in [3.63, 3.8) is 0 Å². The molecule has 0 saturated carbocycles. The van der Waals surface area contributed by atoms with E-state index in [1.807, 2.05) is 13.0 Å². The zero-order valence-corrected chi connectivity index (χ0v) is 10.7. The van der Waals surface area contributed by atoms with Crippen molar-refractivity contribution in [2.45, 2.75) is 20.4 Å². The van der Waals surface area contributed by atoms with Gasteiger partial charge in [0.05, 0.1) is 6.54 Å². The molecule has 2 rings (SSSR count). The third kappa shape index (κ3) is 2.82. The molecule has 0 amide bonds. The minimum Gasteiger partial charge on any atom is -0.424 e. The van der Waals surface area contributed by atoms with Gasteiger partial charge in [-0.1, -0.05) is 15.9 Å². The average Bonchev–Trinajstić information content (AvgIpc) is 2.60. The molecule has 1 heterocycles. The van der Waals surface area contributed by atoms with Crippen molar-refractivity contribution < 1.29 is 4.42 Å². The fraction of sp³-hybridized carbons (Fsp3) is 0.273. The van der Waals surface area contributed by atoms with Gasteiger partial charge in [-0.15, -0.1) is 10.2 Å². The highest BCUT2D eigenvalue weighted by Crippen LogP contribution is 2.19. The van der Waals surface area contributed by atoms with Gasteiger partial charge in [0.1, 0.15) is 0 Å². The summed E-state index contributed by atoms with van der Waals surface area (Å²) in [7, 11) is 0. The van der Waals surface area contributed by atoms with Gasteiger partial charge in [0.25, 0.3) is 0 Å². The van der Waals surface area contributed by atoms with Crippen LogP contribution in [0.5, 0.6) is 0 Å². The van der Waals surface area contributed by atoms with Crippen LogP contribution in [-0.2, 0) is 6.54 Å². The molecule has 0 saturated heterocycles. The van der Waals surface area contributed by atoms with Crippen LogP contribution in [0.4, 0.5) is 5.69 Å². The van der Waals surface area contributed by atoms with Crippen molar-refractivity contribution >= 4 is 21.6 Å². The molecule has 0 bridgehead atoms. The number of benzene rings is 1. The molecule has 84 valence electrons. The monoisotopic (exact) mass is 281 g/mol. The predicted octanol–water partition coefficient (Wildman–Crippen LogP) is 3.06. The first-order chi connectivity index (χ1) is 7.63. The third-order valence-electron chi connectivity index (χ3n) is 2.05. The molecule has 1 aromatic heterocycles. The first kappa shape index (κ1) is 11.1. The number of aryl methyl sites for hydroxylation is 2. The first-order valence-electron chi connectivity index (χ1n) is 4.93. The van der Waals surface area contributed by atoms with Gasteiger partial charge in [0.15, 0.2) is 0 Å². The van der Waals surface area contributed by atoms with Gasteiger partial charge in [0.2, 0.25) is 11.8 Å². The summed E-state index contributed by atoms with van der Waals surface area (Å²) in [6.45, 7) is 4.36. The van der Waals surface area contributed by atoms with E-state index in [1.165, 1.54) is 5.56 Å². The first-order valence-corrected chi connectivity index (χ1v) is 5.73. The highest BCUT2D eigenvalue weighted by molar-refractivity contribution is 9.10. The quantitative estimate of drug-likeness (QED) is 0.940. The maximum atomic E-state index is 5.27. The molecule has 1 aromatic carbocycles. The minimum atomic E-state index is 0.538. The molecular formula is C11H12BrN3O. The van der Waals surface area contributed by atoms with Gasteiger partial charge in [-0.3, -0.25) is 0 Å². The van der Waals surface area contributed by atoms with Crippen LogP contribution in [-0.4, -0.2) is 10.2 Å². The number of hydrogen-bond donors (Lipinski definition) is 1. The summed E-state index contributed by atoms with van der Waals surface area (Å²) in [4.78, 5) is 0. The second-order valence-corrected chi connectivity index (χ2v) is 4.50. The molecule has 2 aromatic rings. The Balaban J connectivity index is 2.04. The van der Waals surface area contributed by atoms with E-state index in [-0.39, 0.29) is 0 Å². The van der Waals surface area contributed by atoms with Gasteiger partial charge in [-0.05, 0) is 30.7 Å². The standard InChI is InChI=1S/C11H12BrN3O/c1-7-3-9(12)5-10(4-7)13-6-11-15-14-8(2)16-11/h3-5,13H,6H2,1-2H3. The Bertz CT molecular complexity index is 475. The van der Waals surface area contributed by atoms with Crippen LogP contribution in [0.3, 0.4) is 0 Å². The van der Waals surface area contributed by atoms with E-state index in [0.29, 0.717) is 18.3 Å². The van der Waals surface area contributed by atoms with Crippen LogP contribution in [0.25, 0.3) is 0 Å². The Hall–Kier alpha value is -1.36. The van der Waals surface area contributed by atoms with Gasteiger partial charge in [0, 0.05) is 17.1 Å². The molecule has 0 radical (unpaired) electrons.